The Morgan fingerprint density at radius 2 is 2.07 bits per heavy atom. The number of nitrogens with two attached hydrogens (primary N) is 1. The Bertz CT molecular complexity index is 449. The van der Waals surface area contributed by atoms with Gasteiger partial charge < -0.3 is 5.73 Å². The van der Waals surface area contributed by atoms with Crippen molar-refractivity contribution in [2.75, 3.05) is 0 Å². The van der Waals surface area contributed by atoms with Crippen LogP contribution < -0.4 is 5.73 Å². The van der Waals surface area contributed by atoms with Crippen molar-refractivity contribution in [1.82, 2.24) is 0 Å². The van der Waals surface area contributed by atoms with Gasteiger partial charge in [0.15, 0.2) is 0 Å². The number of rotatable bonds is 1. The number of nitrogens with zero attached hydrogens (tertiary/aromatic N) is 2. The molecular weight excluding hydrogens is 254 g/mol. The monoisotopic (exact) mass is 265 g/mol. The van der Waals surface area contributed by atoms with Gasteiger partial charge in [-0.25, -0.2) is 0 Å². The van der Waals surface area contributed by atoms with Crippen molar-refractivity contribution in [3.8, 4) is 0 Å². The van der Waals surface area contributed by atoms with Crippen LogP contribution in [0, 0.1) is 6.92 Å². The second-order valence-electron chi connectivity index (χ2n) is 3.60. The number of aryl methyl sites for hydroxylation is 1. The van der Waals surface area contributed by atoms with Gasteiger partial charge >= 0.3 is 0 Å². The fourth-order valence-corrected chi connectivity index (χ4v) is 1.74. The molecule has 2 rings (SSSR count). The highest BCUT2D eigenvalue weighted by atomic mass is 79.9. The molecule has 78 valence electrons. The maximum Gasteiger partial charge on any atom is 0.122 e. The minimum atomic E-state index is 0.618. The molecule has 15 heavy (non-hydrogen) atoms. The van der Waals surface area contributed by atoms with Gasteiger partial charge in [-0.3, -0.25) is 0 Å². The second kappa shape index (κ2) is 4.14. The Morgan fingerprint density at radius 1 is 1.27 bits per heavy atom. The molecule has 1 heterocycles. The van der Waals surface area contributed by atoms with Crippen molar-refractivity contribution < 1.29 is 0 Å². The van der Waals surface area contributed by atoms with Crippen LogP contribution in [-0.4, -0.2) is 11.5 Å². The van der Waals surface area contributed by atoms with E-state index in [0.29, 0.717) is 5.84 Å². The average Bonchev–Trinajstić information content (AvgIpc) is 2.23. The third-order valence-corrected chi connectivity index (χ3v) is 3.30. The summed E-state index contributed by atoms with van der Waals surface area (Å²) < 4.78 is 1.12. The lowest BCUT2D eigenvalue weighted by Crippen LogP contribution is -2.17. The topological polar surface area (TPSA) is 50.7 Å². The second-order valence-corrected chi connectivity index (χ2v) is 4.46. The van der Waals surface area contributed by atoms with Crippen LogP contribution >= 0.6 is 15.9 Å². The van der Waals surface area contributed by atoms with Gasteiger partial charge in [0.25, 0.3) is 0 Å². The summed E-state index contributed by atoms with van der Waals surface area (Å²) in [5.74, 6) is 0.618. The van der Waals surface area contributed by atoms with Gasteiger partial charge in [0.05, 0.1) is 5.71 Å². The van der Waals surface area contributed by atoms with E-state index in [-0.39, 0.29) is 0 Å². The van der Waals surface area contributed by atoms with E-state index in [1.165, 1.54) is 5.56 Å². The maximum absolute atomic E-state index is 5.56. The van der Waals surface area contributed by atoms with Gasteiger partial charge in [0.2, 0.25) is 0 Å². The van der Waals surface area contributed by atoms with Crippen LogP contribution in [-0.2, 0) is 0 Å². The highest BCUT2D eigenvalue weighted by molar-refractivity contribution is 9.10. The lowest BCUT2D eigenvalue weighted by Gasteiger charge is -2.10. The van der Waals surface area contributed by atoms with Crippen molar-refractivity contribution in [2.24, 2.45) is 15.9 Å². The van der Waals surface area contributed by atoms with Crippen molar-refractivity contribution in [2.45, 2.75) is 19.8 Å². The molecule has 0 fully saturated rings. The number of hydrogen-bond acceptors (Lipinski definition) is 3. The Kier molecular flexibility index (Phi) is 2.86. The first-order chi connectivity index (χ1) is 7.16. The molecule has 1 aliphatic rings. The zero-order valence-corrected chi connectivity index (χ0v) is 10.1. The summed E-state index contributed by atoms with van der Waals surface area (Å²) in [5, 5.41) is 8.03. The van der Waals surface area contributed by atoms with E-state index >= 15 is 0 Å². The van der Waals surface area contributed by atoms with Crippen LogP contribution in [0.1, 0.15) is 24.0 Å². The van der Waals surface area contributed by atoms with E-state index in [9.17, 15) is 0 Å². The third-order valence-electron chi connectivity index (χ3n) is 2.41. The molecule has 0 atom stereocenters. The minimum absolute atomic E-state index is 0.618. The lowest BCUT2D eigenvalue weighted by molar-refractivity contribution is 1.02. The maximum atomic E-state index is 5.56. The van der Waals surface area contributed by atoms with Crippen LogP contribution in [0.3, 0.4) is 0 Å². The molecule has 2 N–H and O–H groups in total. The summed E-state index contributed by atoms with van der Waals surface area (Å²) in [6, 6.07) is 6.20. The van der Waals surface area contributed by atoms with E-state index in [0.717, 1.165) is 28.6 Å². The van der Waals surface area contributed by atoms with Gasteiger partial charge in [-0.15, -0.1) is 5.10 Å². The molecule has 0 aliphatic carbocycles. The van der Waals surface area contributed by atoms with Gasteiger partial charge in [0, 0.05) is 10.9 Å². The Labute approximate surface area is 97.2 Å². The standard InChI is InChI=1S/C11H12BrN3/c1-7-6-8(2-3-9(7)12)10-4-5-11(13)15-14-10/h2-3,6H,4-5H2,1H3,(H2,13,15). The molecule has 0 saturated heterocycles. The highest BCUT2D eigenvalue weighted by Crippen LogP contribution is 2.19. The summed E-state index contributed by atoms with van der Waals surface area (Å²) in [5.41, 5.74) is 8.92. The summed E-state index contributed by atoms with van der Waals surface area (Å²) in [6.45, 7) is 2.06. The van der Waals surface area contributed by atoms with Crippen molar-refractivity contribution in [3.63, 3.8) is 0 Å². The number of amidine groups is 1. The first-order valence-corrected chi connectivity index (χ1v) is 5.61. The van der Waals surface area contributed by atoms with E-state index in [1.54, 1.807) is 0 Å². The smallest absolute Gasteiger partial charge is 0.122 e. The van der Waals surface area contributed by atoms with Crippen LogP contribution in [0.15, 0.2) is 32.9 Å². The Hall–Kier alpha value is -1.16. The summed E-state index contributed by atoms with van der Waals surface area (Å²) >= 11 is 3.48. The third kappa shape index (κ3) is 2.26. The van der Waals surface area contributed by atoms with Crippen molar-refractivity contribution in [3.05, 3.63) is 33.8 Å². The van der Waals surface area contributed by atoms with E-state index in [4.69, 9.17) is 5.73 Å². The summed E-state index contributed by atoms with van der Waals surface area (Å²) in [6.07, 6.45) is 1.67. The zero-order valence-electron chi connectivity index (χ0n) is 8.50. The van der Waals surface area contributed by atoms with E-state index in [2.05, 4.69) is 39.1 Å². The lowest BCUT2D eigenvalue weighted by atomic mass is 10.0. The van der Waals surface area contributed by atoms with Crippen LogP contribution in [0.2, 0.25) is 0 Å². The minimum Gasteiger partial charge on any atom is -0.386 e. The first kappa shape index (κ1) is 10.4. The fraction of sp³-hybridized carbons (Fsp3) is 0.273. The predicted octanol–water partition coefficient (Wildman–Crippen LogP) is 2.61. The SMILES string of the molecule is Cc1cc(C2=NN=C(N)CC2)ccc1Br. The Balaban J connectivity index is 2.35. The zero-order chi connectivity index (χ0) is 10.8. The Morgan fingerprint density at radius 3 is 2.67 bits per heavy atom. The molecule has 0 amide bonds. The molecule has 0 bridgehead atoms. The van der Waals surface area contributed by atoms with E-state index in [1.807, 2.05) is 12.1 Å². The molecule has 1 aromatic carbocycles. The van der Waals surface area contributed by atoms with Crippen LogP contribution in [0.5, 0.6) is 0 Å². The molecular formula is C11H12BrN3. The molecule has 1 aliphatic heterocycles. The fourth-order valence-electron chi connectivity index (χ4n) is 1.50. The quantitative estimate of drug-likeness (QED) is 0.834. The largest absolute Gasteiger partial charge is 0.386 e. The van der Waals surface area contributed by atoms with Crippen LogP contribution in [0.25, 0.3) is 0 Å². The van der Waals surface area contributed by atoms with Crippen molar-refractivity contribution >= 4 is 27.5 Å². The van der Waals surface area contributed by atoms with Gasteiger partial charge in [-0.05, 0) is 36.6 Å². The molecule has 0 saturated carbocycles. The highest BCUT2D eigenvalue weighted by Gasteiger charge is 2.10. The normalized spacial score (nSPS) is 15.9. The number of halogens is 1. The number of benzene rings is 1. The van der Waals surface area contributed by atoms with Gasteiger partial charge in [-0.1, -0.05) is 22.0 Å². The van der Waals surface area contributed by atoms with Crippen LogP contribution in [0.4, 0.5) is 0 Å². The molecule has 3 nitrogen and oxygen atoms in total. The predicted molar refractivity (Wildman–Crippen MR) is 66.3 cm³/mol. The first-order valence-electron chi connectivity index (χ1n) is 4.82. The molecule has 0 aromatic heterocycles. The molecule has 0 radical (unpaired) electrons. The average molecular weight is 266 g/mol. The molecule has 0 unspecified atom stereocenters. The molecule has 0 spiro atoms. The number of hydrogen-bond donors (Lipinski definition) is 1. The van der Waals surface area contributed by atoms with Crippen molar-refractivity contribution in [1.29, 1.82) is 0 Å². The molecule has 1 aromatic rings. The van der Waals surface area contributed by atoms with Gasteiger partial charge in [0.1, 0.15) is 5.84 Å². The molecule has 4 heteroatoms. The summed E-state index contributed by atoms with van der Waals surface area (Å²) in [7, 11) is 0. The van der Waals surface area contributed by atoms with Gasteiger partial charge in [-0.2, -0.15) is 5.10 Å². The summed E-state index contributed by atoms with van der Waals surface area (Å²) in [4.78, 5) is 0. The van der Waals surface area contributed by atoms with E-state index < -0.39 is 0 Å².